The van der Waals surface area contributed by atoms with E-state index in [-0.39, 0.29) is 5.97 Å². The zero-order valence-electron chi connectivity index (χ0n) is 21.6. The summed E-state index contributed by atoms with van der Waals surface area (Å²) in [6.07, 6.45) is 13.8. The zero-order chi connectivity index (χ0) is 22.5. The predicted octanol–water partition coefficient (Wildman–Crippen LogP) is 8.29. The van der Waals surface area contributed by atoms with Gasteiger partial charge in [-0.2, -0.15) is 0 Å². The lowest BCUT2D eigenvalue weighted by molar-refractivity contribution is -0.140. The van der Waals surface area contributed by atoms with E-state index in [0.29, 0.717) is 17.3 Å². The number of methoxy groups -OCH3 is 1. The van der Waals surface area contributed by atoms with Crippen LogP contribution < -0.4 is 0 Å². The maximum atomic E-state index is 11.6. The first-order chi connectivity index (χ1) is 14.2. The average molecular weight is 421 g/mol. The van der Waals surface area contributed by atoms with Gasteiger partial charge in [-0.1, -0.05) is 67.7 Å². The first kappa shape index (κ1) is 25.7. The highest BCUT2D eigenvalue weighted by Crippen LogP contribution is 2.65. The lowest BCUT2D eigenvalue weighted by Gasteiger charge is -2.57. The number of hydrogen-bond acceptors (Lipinski definition) is 2. The molecule has 2 fully saturated rings. The van der Waals surface area contributed by atoms with Crippen molar-refractivity contribution in [2.75, 3.05) is 7.11 Å². The number of carbonyl (C=O) groups is 1. The van der Waals surface area contributed by atoms with Gasteiger partial charge in [-0.15, -0.1) is 0 Å². The van der Waals surface area contributed by atoms with Crippen LogP contribution in [0.1, 0.15) is 119 Å². The van der Waals surface area contributed by atoms with Gasteiger partial charge in [0.15, 0.2) is 0 Å². The Morgan fingerprint density at radius 1 is 1.13 bits per heavy atom. The van der Waals surface area contributed by atoms with Crippen molar-refractivity contribution in [2.24, 2.45) is 46.3 Å². The third-order valence-corrected chi connectivity index (χ3v) is 10.2. The van der Waals surface area contributed by atoms with E-state index in [1.807, 2.05) is 0 Å². The van der Waals surface area contributed by atoms with Crippen molar-refractivity contribution in [3.8, 4) is 0 Å². The van der Waals surface area contributed by atoms with E-state index in [0.717, 1.165) is 41.9 Å². The fourth-order valence-electron chi connectivity index (χ4n) is 7.67. The first-order valence-electron chi connectivity index (χ1n) is 13.2. The lowest BCUT2D eigenvalue weighted by atomic mass is 9.48. The molecule has 2 aliphatic rings. The Morgan fingerprint density at radius 2 is 1.83 bits per heavy atom. The molecule has 0 spiro atoms. The first-order valence-corrected chi connectivity index (χ1v) is 13.2. The van der Waals surface area contributed by atoms with Crippen molar-refractivity contribution in [3.63, 3.8) is 0 Å². The molecule has 30 heavy (non-hydrogen) atoms. The molecule has 0 heterocycles. The van der Waals surface area contributed by atoms with Gasteiger partial charge in [0.05, 0.1) is 7.11 Å². The van der Waals surface area contributed by atoms with Crippen molar-refractivity contribution in [1.29, 1.82) is 0 Å². The Balaban J connectivity index is 2.25. The Hall–Kier alpha value is -0.530. The smallest absolute Gasteiger partial charge is 0.305 e. The summed E-state index contributed by atoms with van der Waals surface area (Å²) in [6, 6.07) is 0. The number of esters is 1. The van der Waals surface area contributed by atoms with Gasteiger partial charge in [-0.05, 0) is 91.3 Å². The van der Waals surface area contributed by atoms with Gasteiger partial charge < -0.3 is 4.74 Å². The Kier molecular flexibility index (Phi) is 9.32. The maximum Gasteiger partial charge on any atom is 0.305 e. The van der Waals surface area contributed by atoms with E-state index in [2.05, 4.69) is 48.5 Å². The van der Waals surface area contributed by atoms with E-state index in [4.69, 9.17) is 4.74 Å². The molecule has 0 aromatic heterocycles. The fourth-order valence-corrected chi connectivity index (χ4v) is 7.67. The molecule has 2 heteroatoms. The number of rotatable bonds is 11. The maximum absolute atomic E-state index is 11.6. The summed E-state index contributed by atoms with van der Waals surface area (Å²) < 4.78 is 4.88. The van der Waals surface area contributed by atoms with Crippen LogP contribution in [-0.4, -0.2) is 13.1 Å². The molecule has 0 amide bonds. The van der Waals surface area contributed by atoms with Gasteiger partial charge in [0.1, 0.15) is 0 Å². The van der Waals surface area contributed by atoms with E-state index in [9.17, 15) is 4.79 Å². The molecule has 0 aromatic rings. The van der Waals surface area contributed by atoms with Crippen LogP contribution in [0.2, 0.25) is 0 Å². The molecule has 176 valence electrons. The van der Waals surface area contributed by atoms with Gasteiger partial charge in [-0.3, -0.25) is 4.79 Å². The second kappa shape index (κ2) is 10.9. The SMILES string of the molecule is CCCCC(C)(C(C)C)C1CCC2(C)C(CC[C@@H]2CCCC(=O)OC)C1C(C)CC. The Morgan fingerprint density at radius 3 is 2.40 bits per heavy atom. The number of carbonyl (C=O) groups excluding carboxylic acids is 1. The molecule has 0 aliphatic heterocycles. The third-order valence-electron chi connectivity index (χ3n) is 10.2. The second-order valence-corrected chi connectivity index (χ2v) is 11.7. The molecule has 7 atom stereocenters. The molecule has 2 rings (SSSR count). The van der Waals surface area contributed by atoms with Crippen molar-refractivity contribution in [2.45, 2.75) is 119 Å². The predicted molar refractivity (Wildman–Crippen MR) is 128 cm³/mol. The van der Waals surface area contributed by atoms with Gasteiger partial charge >= 0.3 is 5.97 Å². The summed E-state index contributed by atoms with van der Waals surface area (Å²) in [4.78, 5) is 11.6. The van der Waals surface area contributed by atoms with Crippen LogP contribution in [0.3, 0.4) is 0 Å². The van der Waals surface area contributed by atoms with Crippen LogP contribution in [0.25, 0.3) is 0 Å². The van der Waals surface area contributed by atoms with E-state index >= 15 is 0 Å². The number of unbranched alkanes of at least 4 members (excludes halogenated alkanes) is 1. The largest absolute Gasteiger partial charge is 0.469 e. The molecule has 0 saturated heterocycles. The highest BCUT2D eigenvalue weighted by molar-refractivity contribution is 5.68. The number of ether oxygens (including phenoxy) is 1. The van der Waals surface area contributed by atoms with Crippen LogP contribution in [0.15, 0.2) is 0 Å². The minimum Gasteiger partial charge on any atom is -0.469 e. The van der Waals surface area contributed by atoms with Crippen molar-refractivity contribution in [1.82, 2.24) is 0 Å². The van der Waals surface area contributed by atoms with E-state index < -0.39 is 0 Å². The van der Waals surface area contributed by atoms with E-state index in [1.54, 1.807) is 0 Å². The standard InChI is InChI=1S/C28H52O2/c1-9-11-18-27(6,20(3)4)24-17-19-28(7)22(13-12-14-25(29)30-8)15-16-23(28)26(24)21(5)10-2/h20-24,26H,9-19H2,1-8H3/t21?,22-,23?,24?,26?,27?,28?/m0/s1. The van der Waals surface area contributed by atoms with Crippen molar-refractivity contribution < 1.29 is 9.53 Å². The van der Waals surface area contributed by atoms with Crippen LogP contribution >= 0.6 is 0 Å². The Bertz CT molecular complexity index is 541. The Labute approximate surface area is 188 Å². The number of fused-ring (bicyclic) bond motifs is 1. The summed E-state index contributed by atoms with van der Waals surface area (Å²) in [5, 5.41) is 0. The molecular weight excluding hydrogens is 368 g/mol. The van der Waals surface area contributed by atoms with Gasteiger partial charge in [-0.25, -0.2) is 0 Å². The van der Waals surface area contributed by atoms with Crippen LogP contribution in [-0.2, 0) is 9.53 Å². The summed E-state index contributed by atoms with van der Waals surface area (Å²) in [7, 11) is 1.51. The quantitative estimate of drug-likeness (QED) is 0.314. The van der Waals surface area contributed by atoms with Crippen LogP contribution in [0, 0.1) is 46.3 Å². The molecule has 2 saturated carbocycles. The van der Waals surface area contributed by atoms with Gasteiger partial charge in [0, 0.05) is 6.42 Å². The van der Waals surface area contributed by atoms with Crippen molar-refractivity contribution >= 4 is 5.97 Å². The number of hydrogen-bond donors (Lipinski definition) is 0. The van der Waals surface area contributed by atoms with Crippen LogP contribution in [0.4, 0.5) is 0 Å². The third kappa shape index (κ3) is 5.09. The average Bonchev–Trinajstić information content (AvgIpc) is 3.06. The summed E-state index contributed by atoms with van der Waals surface area (Å²) >= 11 is 0. The minimum atomic E-state index is -0.0421. The molecule has 2 nitrogen and oxygen atoms in total. The monoisotopic (exact) mass is 420 g/mol. The van der Waals surface area contributed by atoms with Crippen molar-refractivity contribution in [3.05, 3.63) is 0 Å². The molecule has 0 aromatic carbocycles. The summed E-state index contributed by atoms with van der Waals surface area (Å²) in [6.45, 7) is 17.5. The topological polar surface area (TPSA) is 26.3 Å². The highest BCUT2D eigenvalue weighted by atomic mass is 16.5. The summed E-state index contributed by atoms with van der Waals surface area (Å²) in [5.74, 6) is 4.92. The molecule has 0 bridgehead atoms. The summed E-state index contributed by atoms with van der Waals surface area (Å²) in [5.41, 5.74) is 0.942. The molecule has 2 aliphatic carbocycles. The fraction of sp³-hybridized carbons (Fsp3) is 0.964. The molecule has 0 N–H and O–H groups in total. The normalized spacial score (nSPS) is 34.4. The zero-order valence-corrected chi connectivity index (χ0v) is 21.6. The van der Waals surface area contributed by atoms with E-state index in [1.165, 1.54) is 64.9 Å². The van der Waals surface area contributed by atoms with Gasteiger partial charge in [0.25, 0.3) is 0 Å². The molecule has 6 unspecified atom stereocenters. The highest BCUT2D eigenvalue weighted by Gasteiger charge is 2.57. The second-order valence-electron chi connectivity index (χ2n) is 11.7. The van der Waals surface area contributed by atoms with Crippen LogP contribution in [0.5, 0.6) is 0 Å². The molecular formula is C28H52O2. The molecule has 0 radical (unpaired) electrons. The minimum absolute atomic E-state index is 0.0421. The lowest BCUT2D eigenvalue weighted by Crippen LogP contribution is -2.50. The van der Waals surface area contributed by atoms with Gasteiger partial charge in [0.2, 0.25) is 0 Å².